The van der Waals surface area contributed by atoms with E-state index in [1.807, 2.05) is 41.8 Å². The maximum absolute atomic E-state index is 13.8. The van der Waals surface area contributed by atoms with E-state index >= 15 is 0 Å². The molecule has 2 atom stereocenters. The SMILES string of the molecule is C[C@H](NC(=O)CCc1nc2cccnc2n1Cc1ccc(F)c(F)c1)c1ccc(N2CCC(O)C2)cc1. The fraction of sp³-hybridized carbons (Fsp3) is 0.321. The number of amides is 1. The van der Waals surface area contributed by atoms with Crippen molar-refractivity contribution in [3.63, 3.8) is 0 Å². The third-order valence-electron chi connectivity index (χ3n) is 6.78. The molecule has 0 radical (unpaired) electrons. The molecule has 0 saturated carbocycles. The van der Waals surface area contributed by atoms with Crippen LogP contribution in [0.3, 0.4) is 0 Å². The average molecular weight is 506 g/mol. The summed E-state index contributed by atoms with van der Waals surface area (Å²) in [4.78, 5) is 24.0. The molecule has 2 aromatic heterocycles. The first kappa shape index (κ1) is 24.8. The van der Waals surface area contributed by atoms with Crippen LogP contribution in [0.2, 0.25) is 0 Å². The molecule has 1 unspecified atom stereocenters. The minimum Gasteiger partial charge on any atom is -0.391 e. The quantitative estimate of drug-likeness (QED) is 0.376. The number of benzene rings is 2. The van der Waals surface area contributed by atoms with Gasteiger partial charge in [-0.1, -0.05) is 18.2 Å². The van der Waals surface area contributed by atoms with Crippen molar-refractivity contribution in [2.75, 3.05) is 18.0 Å². The van der Waals surface area contributed by atoms with Crippen LogP contribution < -0.4 is 10.2 Å². The Hall–Kier alpha value is -3.85. The number of fused-ring (bicyclic) bond motifs is 1. The second-order valence-corrected chi connectivity index (χ2v) is 9.48. The second kappa shape index (κ2) is 10.6. The Morgan fingerprint density at radius 3 is 2.70 bits per heavy atom. The molecule has 7 nitrogen and oxygen atoms in total. The van der Waals surface area contributed by atoms with Crippen LogP contribution in [0.5, 0.6) is 0 Å². The van der Waals surface area contributed by atoms with E-state index in [2.05, 4.69) is 20.2 Å². The van der Waals surface area contributed by atoms with Gasteiger partial charge in [-0.05, 0) is 60.9 Å². The number of rotatable bonds is 8. The number of carbonyl (C=O) groups is 1. The van der Waals surface area contributed by atoms with Gasteiger partial charge in [0, 0.05) is 37.8 Å². The summed E-state index contributed by atoms with van der Waals surface area (Å²) < 4.78 is 29.0. The van der Waals surface area contributed by atoms with Gasteiger partial charge in [0.15, 0.2) is 17.3 Å². The van der Waals surface area contributed by atoms with Gasteiger partial charge < -0.3 is 19.9 Å². The molecule has 1 amide bonds. The molecule has 192 valence electrons. The van der Waals surface area contributed by atoms with Gasteiger partial charge >= 0.3 is 0 Å². The number of halogens is 2. The van der Waals surface area contributed by atoms with Crippen LogP contribution in [-0.2, 0) is 17.8 Å². The molecule has 0 bridgehead atoms. The number of aromatic nitrogens is 3. The van der Waals surface area contributed by atoms with E-state index in [4.69, 9.17) is 0 Å². The lowest BCUT2D eigenvalue weighted by Gasteiger charge is -2.20. The van der Waals surface area contributed by atoms with E-state index in [-0.39, 0.29) is 31.0 Å². The monoisotopic (exact) mass is 505 g/mol. The van der Waals surface area contributed by atoms with Gasteiger partial charge in [-0.3, -0.25) is 4.79 Å². The Labute approximate surface area is 213 Å². The zero-order chi connectivity index (χ0) is 25.9. The highest BCUT2D eigenvalue weighted by atomic mass is 19.2. The zero-order valence-electron chi connectivity index (χ0n) is 20.6. The maximum atomic E-state index is 13.8. The Morgan fingerprint density at radius 2 is 1.97 bits per heavy atom. The average Bonchev–Trinajstić information content (AvgIpc) is 3.48. The van der Waals surface area contributed by atoms with E-state index in [0.717, 1.165) is 30.3 Å². The predicted octanol–water partition coefficient (Wildman–Crippen LogP) is 4.14. The molecule has 0 spiro atoms. The fourth-order valence-electron chi connectivity index (χ4n) is 4.76. The number of aliphatic hydroxyl groups is 1. The number of pyridine rings is 1. The summed E-state index contributed by atoms with van der Waals surface area (Å²) in [5.74, 6) is -1.26. The van der Waals surface area contributed by atoms with Crippen LogP contribution in [0.15, 0.2) is 60.8 Å². The summed E-state index contributed by atoms with van der Waals surface area (Å²) in [5, 5.41) is 12.8. The predicted molar refractivity (Wildman–Crippen MR) is 137 cm³/mol. The second-order valence-electron chi connectivity index (χ2n) is 9.48. The van der Waals surface area contributed by atoms with Gasteiger partial charge in [-0.25, -0.2) is 18.7 Å². The third kappa shape index (κ3) is 5.61. The van der Waals surface area contributed by atoms with Crippen molar-refractivity contribution in [2.24, 2.45) is 0 Å². The van der Waals surface area contributed by atoms with Gasteiger partial charge in [-0.2, -0.15) is 0 Å². The Bertz CT molecular complexity index is 1410. The minimum absolute atomic E-state index is 0.112. The molecule has 1 fully saturated rings. The fourth-order valence-corrected chi connectivity index (χ4v) is 4.76. The molecule has 37 heavy (non-hydrogen) atoms. The molecule has 9 heteroatoms. The number of nitrogens with zero attached hydrogens (tertiary/aromatic N) is 4. The molecular formula is C28H29F2N5O2. The zero-order valence-corrected chi connectivity index (χ0v) is 20.6. The topological polar surface area (TPSA) is 83.3 Å². The van der Waals surface area contributed by atoms with E-state index in [0.29, 0.717) is 35.5 Å². The van der Waals surface area contributed by atoms with Gasteiger partial charge in [0.05, 0.1) is 18.7 Å². The molecule has 4 aromatic rings. The smallest absolute Gasteiger partial charge is 0.220 e. The number of nitrogens with one attached hydrogen (secondary N) is 1. The molecule has 0 aliphatic carbocycles. The van der Waals surface area contributed by atoms with Crippen molar-refractivity contribution in [1.82, 2.24) is 19.9 Å². The van der Waals surface area contributed by atoms with Crippen LogP contribution >= 0.6 is 0 Å². The van der Waals surface area contributed by atoms with Gasteiger partial charge in [0.25, 0.3) is 0 Å². The summed E-state index contributed by atoms with van der Waals surface area (Å²) in [6.07, 6.45) is 2.74. The highest BCUT2D eigenvalue weighted by molar-refractivity contribution is 5.77. The molecule has 1 aliphatic rings. The number of imidazole rings is 1. The highest BCUT2D eigenvalue weighted by Gasteiger charge is 2.21. The van der Waals surface area contributed by atoms with Crippen molar-refractivity contribution in [3.8, 4) is 0 Å². The lowest BCUT2D eigenvalue weighted by Crippen LogP contribution is -2.27. The normalized spacial score (nSPS) is 16.3. The molecule has 1 aliphatic heterocycles. The molecule has 2 N–H and O–H groups in total. The number of anilines is 1. The summed E-state index contributed by atoms with van der Waals surface area (Å²) in [5.41, 5.74) is 3.94. The Balaban J connectivity index is 1.24. The first-order valence-electron chi connectivity index (χ1n) is 12.4. The third-order valence-corrected chi connectivity index (χ3v) is 6.78. The first-order valence-corrected chi connectivity index (χ1v) is 12.4. The van der Waals surface area contributed by atoms with E-state index in [1.54, 1.807) is 12.3 Å². The van der Waals surface area contributed by atoms with Crippen molar-refractivity contribution >= 4 is 22.8 Å². The standard InChI is InChI=1S/C28H29F2N5O2/c1-18(20-5-7-21(8-6-20)34-14-12-22(36)17-34)32-27(37)11-10-26-33-25-3-2-13-31-28(25)35(26)16-19-4-9-23(29)24(30)15-19/h2-9,13,15,18,22,36H,10-12,14,16-17H2,1H3,(H,32,37)/t18-,22?/m0/s1. The van der Waals surface area contributed by atoms with Crippen LogP contribution in [0.1, 0.15) is 42.8 Å². The lowest BCUT2D eigenvalue weighted by atomic mass is 10.1. The number of aliphatic hydroxyl groups excluding tert-OH is 1. The van der Waals surface area contributed by atoms with Crippen LogP contribution in [0.4, 0.5) is 14.5 Å². The van der Waals surface area contributed by atoms with Crippen molar-refractivity contribution < 1.29 is 18.7 Å². The van der Waals surface area contributed by atoms with E-state index in [1.165, 1.54) is 12.1 Å². The molecule has 3 heterocycles. The van der Waals surface area contributed by atoms with Crippen molar-refractivity contribution in [3.05, 3.63) is 89.4 Å². The summed E-state index contributed by atoms with van der Waals surface area (Å²) in [7, 11) is 0. The van der Waals surface area contributed by atoms with Gasteiger partial charge in [0.2, 0.25) is 5.91 Å². The van der Waals surface area contributed by atoms with Crippen molar-refractivity contribution in [2.45, 2.75) is 44.9 Å². The summed E-state index contributed by atoms with van der Waals surface area (Å²) in [6.45, 7) is 3.68. The largest absolute Gasteiger partial charge is 0.391 e. The molecule has 2 aromatic carbocycles. The number of hydrogen-bond donors (Lipinski definition) is 2. The highest BCUT2D eigenvalue weighted by Crippen LogP contribution is 2.23. The van der Waals surface area contributed by atoms with Gasteiger partial charge in [0.1, 0.15) is 11.3 Å². The Morgan fingerprint density at radius 1 is 1.16 bits per heavy atom. The van der Waals surface area contributed by atoms with Crippen LogP contribution in [0, 0.1) is 11.6 Å². The molecule has 5 rings (SSSR count). The summed E-state index contributed by atoms with van der Waals surface area (Å²) in [6, 6.07) is 15.3. The number of β-amino-alcohol motifs (C(OH)–C–C–N with tert-alkyl or cyclic N) is 1. The van der Waals surface area contributed by atoms with Gasteiger partial charge in [-0.15, -0.1) is 0 Å². The number of aryl methyl sites for hydroxylation is 1. The summed E-state index contributed by atoms with van der Waals surface area (Å²) >= 11 is 0. The lowest BCUT2D eigenvalue weighted by molar-refractivity contribution is -0.121. The number of hydrogen-bond acceptors (Lipinski definition) is 5. The number of carbonyl (C=O) groups excluding carboxylic acids is 1. The Kier molecular flexibility index (Phi) is 7.14. The van der Waals surface area contributed by atoms with Crippen LogP contribution in [-0.4, -0.2) is 44.7 Å². The van der Waals surface area contributed by atoms with E-state index in [9.17, 15) is 18.7 Å². The van der Waals surface area contributed by atoms with Crippen molar-refractivity contribution in [1.29, 1.82) is 0 Å². The first-order chi connectivity index (χ1) is 17.9. The minimum atomic E-state index is -0.907. The van der Waals surface area contributed by atoms with Crippen LogP contribution in [0.25, 0.3) is 11.2 Å². The maximum Gasteiger partial charge on any atom is 0.220 e. The molecule has 1 saturated heterocycles. The van der Waals surface area contributed by atoms with E-state index < -0.39 is 11.6 Å². The molecular weight excluding hydrogens is 476 g/mol.